The molecule has 142 valence electrons. The van der Waals surface area contributed by atoms with E-state index in [0.717, 1.165) is 5.56 Å². The van der Waals surface area contributed by atoms with Crippen LogP contribution in [0.5, 0.6) is 0 Å². The molecule has 1 aliphatic heterocycles. The van der Waals surface area contributed by atoms with Gasteiger partial charge < -0.3 is 13.9 Å². The van der Waals surface area contributed by atoms with Crippen molar-refractivity contribution in [2.45, 2.75) is 25.8 Å². The van der Waals surface area contributed by atoms with E-state index in [2.05, 4.69) is 13.8 Å². The average molecular weight is 377 g/mol. The number of hydrogen-bond acceptors (Lipinski definition) is 5. The third-order valence-electron chi connectivity index (χ3n) is 4.85. The van der Waals surface area contributed by atoms with Crippen LogP contribution in [0.15, 0.2) is 81.2 Å². The van der Waals surface area contributed by atoms with Gasteiger partial charge in [-0.15, -0.1) is 0 Å². The van der Waals surface area contributed by atoms with Crippen molar-refractivity contribution in [3.05, 3.63) is 89.5 Å². The Bertz CT molecular complexity index is 1030. The van der Waals surface area contributed by atoms with Gasteiger partial charge in [0.2, 0.25) is 5.78 Å². The summed E-state index contributed by atoms with van der Waals surface area (Å²) in [4.78, 5) is 27.2. The monoisotopic (exact) mass is 377 g/mol. The number of Topliss-reactive ketones (excluding diaryl/α,β-unsaturated/α-hetero) is 1. The molecule has 0 aliphatic carbocycles. The van der Waals surface area contributed by atoms with Crippen molar-refractivity contribution in [2.75, 3.05) is 4.90 Å². The molecule has 1 amide bonds. The summed E-state index contributed by atoms with van der Waals surface area (Å²) in [5, 5.41) is 10.6. The van der Waals surface area contributed by atoms with Gasteiger partial charge in [-0.3, -0.25) is 14.5 Å². The number of rotatable bonds is 5. The minimum Gasteiger partial charge on any atom is -0.503 e. The number of nitrogens with zero attached hydrogens (tertiary/aromatic N) is 1. The van der Waals surface area contributed by atoms with Gasteiger partial charge in [-0.25, -0.2) is 0 Å². The Morgan fingerprint density at radius 2 is 1.71 bits per heavy atom. The molecule has 1 aliphatic rings. The first-order chi connectivity index (χ1) is 13.5. The fourth-order valence-electron chi connectivity index (χ4n) is 3.38. The van der Waals surface area contributed by atoms with Gasteiger partial charge in [-0.2, -0.15) is 0 Å². The van der Waals surface area contributed by atoms with Gasteiger partial charge in [-0.05, 0) is 47.9 Å². The van der Waals surface area contributed by atoms with E-state index in [1.165, 1.54) is 23.5 Å². The lowest BCUT2D eigenvalue weighted by Gasteiger charge is -2.25. The lowest BCUT2D eigenvalue weighted by Crippen LogP contribution is -2.30. The van der Waals surface area contributed by atoms with Gasteiger partial charge in [0.05, 0.1) is 18.1 Å². The van der Waals surface area contributed by atoms with Crippen LogP contribution in [-0.4, -0.2) is 16.8 Å². The predicted molar refractivity (Wildman–Crippen MR) is 102 cm³/mol. The van der Waals surface area contributed by atoms with E-state index in [4.69, 9.17) is 8.83 Å². The van der Waals surface area contributed by atoms with Gasteiger partial charge in [0.15, 0.2) is 11.5 Å². The van der Waals surface area contributed by atoms with E-state index >= 15 is 0 Å². The van der Waals surface area contributed by atoms with Crippen molar-refractivity contribution in [3.8, 4) is 0 Å². The molecular formula is C22H19NO5. The van der Waals surface area contributed by atoms with Crippen LogP contribution in [0.4, 0.5) is 5.69 Å². The number of ketones is 1. The number of hydrogen-bond donors (Lipinski definition) is 1. The SMILES string of the molecule is CC(C)c1ccc(N2C(=O)C(O)=C(C(=O)c3ccco3)C2c2ccco2)cc1. The van der Waals surface area contributed by atoms with E-state index in [9.17, 15) is 14.7 Å². The van der Waals surface area contributed by atoms with E-state index in [1.807, 2.05) is 12.1 Å². The first-order valence-corrected chi connectivity index (χ1v) is 8.97. The maximum absolute atomic E-state index is 13.0. The standard InChI is InChI=1S/C22H19NO5/c1-13(2)14-7-9-15(10-8-14)23-19(16-5-3-11-27-16)18(21(25)22(23)26)20(24)17-6-4-12-28-17/h3-13,19,25H,1-2H3. The molecule has 0 saturated carbocycles. The summed E-state index contributed by atoms with van der Waals surface area (Å²) >= 11 is 0. The Morgan fingerprint density at radius 1 is 1.04 bits per heavy atom. The first-order valence-electron chi connectivity index (χ1n) is 8.97. The number of furan rings is 2. The van der Waals surface area contributed by atoms with Crippen molar-refractivity contribution < 1.29 is 23.5 Å². The second-order valence-corrected chi connectivity index (χ2v) is 6.91. The highest BCUT2D eigenvalue weighted by atomic mass is 16.3. The number of amides is 1. The Hall–Kier alpha value is -3.54. The van der Waals surface area contributed by atoms with Crippen molar-refractivity contribution >= 4 is 17.4 Å². The van der Waals surface area contributed by atoms with E-state index < -0.39 is 23.5 Å². The van der Waals surface area contributed by atoms with Crippen LogP contribution in [0.25, 0.3) is 0 Å². The summed E-state index contributed by atoms with van der Waals surface area (Å²) in [6.07, 6.45) is 2.83. The maximum Gasteiger partial charge on any atom is 0.294 e. The molecule has 6 nitrogen and oxygen atoms in total. The summed E-state index contributed by atoms with van der Waals surface area (Å²) in [6, 6.07) is 13.0. The molecular weight excluding hydrogens is 358 g/mol. The van der Waals surface area contributed by atoms with Crippen LogP contribution in [0.1, 0.15) is 47.7 Å². The highest BCUT2D eigenvalue weighted by molar-refractivity contribution is 6.20. The fraction of sp³-hybridized carbons (Fsp3) is 0.182. The number of anilines is 1. The predicted octanol–water partition coefficient (Wildman–Crippen LogP) is 4.78. The van der Waals surface area contributed by atoms with Crippen molar-refractivity contribution in [2.24, 2.45) is 0 Å². The van der Waals surface area contributed by atoms with Crippen LogP contribution < -0.4 is 4.90 Å². The fourth-order valence-corrected chi connectivity index (χ4v) is 3.38. The molecule has 0 saturated heterocycles. The Morgan fingerprint density at radius 3 is 2.29 bits per heavy atom. The molecule has 2 aromatic heterocycles. The van der Waals surface area contributed by atoms with Crippen molar-refractivity contribution in [1.29, 1.82) is 0 Å². The number of carbonyl (C=O) groups is 2. The quantitative estimate of drug-likeness (QED) is 0.647. The highest BCUT2D eigenvalue weighted by Gasteiger charge is 2.46. The largest absolute Gasteiger partial charge is 0.503 e. The molecule has 1 N–H and O–H groups in total. The van der Waals surface area contributed by atoms with Gasteiger partial charge >= 0.3 is 0 Å². The second-order valence-electron chi connectivity index (χ2n) is 6.91. The number of benzene rings is 1. The van der Waals surface area contributed by atoms with E-state index in [-0.39, 0.29) is 11.3 Å². The molecule has 6 heteroatoms. The molecule has 4 rings (SSSR count). The van der Waals surface area contributed by atoms with Crippen LogP contribution >= 0.6 is 0 Å². The molecule has 1 unspecified atom stereocenters. The average Bonchev–Trinajstić information content (AvgIpc) is 3.43. The lowest BCUT2D eigenvalue weighted by atomic mass is 9.99. The number of carbonyl (C=O) groups excluding carboxylic acids is 2. The molecule has 1 aromatic carbocycles. The molecule has 3 aromatic rings. The molecule has 28 heavy (non-hydrogen) atoms. The molecule has 0 fully saturated rings. The molecule has 1 atom stereocenters. The van der Waals surface area contributed by atoms with Crippen LogP contribution in [-0.2, 0) is 4.79 Å². The highest BCUT2D eigenvalue weighted by Crippen LogP contribution is 2.42. The smallest absolute Gasteiger partial charge is 0.294 e. The van der Waals surface area contributed by atoms with Gasteiger partial charge in [0, 0.05) is 5.69 Å². The van der Waals surface area contributed by atoms with Gasteiger partial charge in [0.1, 0.15) is 11.8 Å². The summed E-state index contributed by atoms with van der Waals surface area (Å²) in [7, 11) is 0. The molecule has 0 radical (unpaired) electrons. The zero-order valence-corrected chi connectivity index (χ0v) is 15.5. The van der Waals surface area contributed by atoms with Gasteiger partial charge in [0.25, 0.3) is 5.91 Å². The summed E-state index contributed by atoms with van der Waals surface area (Å²) in [5.74, 6) is -1.06. The lowest BCUT2D eigenvalue weighted by molar-refractivity contribution is -0.117. The summed E-state index contributed by atoms with van der Waals surface area (Å²) in [5.41, 5.74) is 1.61. The van der Waals surface area contributed by atoms with Crippen LogP contribution in [0.3, 0.4) is 0 Å². The normalized spacial score (nSPS) is 17.0. The summed E-state index contributed by atoms with van der Waals surface area (Å²) in [6.45, 7) is 4.16. The summed E-state index contributed by atoms with van der Waals surface area (Å²) < 4.78 is 10.7. The van der Waals surface area contributed by atoms with Crippen molar-refractivity contribution in [3.63, 3.8) is 0 Å². The Balaban J connectivity index is 1.81. The van der Waals surface area contributed by atoms with Crippen LogP contribution in [0.2, 0.25) is 0 Å². The second kappa shape index (κ2) is 6.88. The number of aliphatic hydroxyl groups excluding tert-OH is 1. The minimum absolute atomic E-state index is 0.0444. The molecule has 0 spiro atoms. The first kappa shape index (κ1) is 17.9. The Kier molecular flexibility index (Phi) is 4.39. The zero-order chi connectivity index (χ0) is 19.8. The Labute approximate surface area is 161 Å². The van der Waals surface area contributed by atoms with E-state index in [0.29, 0.717) is 17.4 Å². The third kappa shape index (κ3) is 2.83. The maximum atomic E-state index is 13.0. The zero-order valence-electron chi connectivity index (χ0n) is 15.5. The van der Waals surface area contributed by atoms with Crippen LogP contribution in [0, 0.1) is 0 Å². The third-order valence-corrected chi connectivity index (χ3v) is 4.85. The molecule has 3 heterocycles. The minimum atomic E-state index is -0.884. The van der Waals surface area contributed by atoms with Gasteiger partial charge in [-0.1, -0.05) is 26.0 Å². The van der Waals surface area contributed by atoms with E-state index in [1.54, 1.807) is 30.3 Å². The number of aliphatic hydroxyl groups is 1. The van der Waals surface area contributed by atoms with Crippen molar-refractivity contribution in [1.82, 2.24) is 0 Å². The molecule has 0 bridgehead atoms. The topological polar surface area (TPSA) is 83.9 Å².